The summed E-state index contributed by atoms with van der Waals surface area (Å²) in [6, 6.07) is 11.4. The predicted molar refractivity (Wildman–Crippen MR) is 117 cm³/mol. The molecule has 0 spiro atoms. The van der Waals surface area contributed by atoms with Crippen LogP contribution in [-0.2, 0) is 13.2 Å². The number of rotatable bonds is 9. The van der Waals surface area contributed by atoms with Crippen LogP contribution >= 0.6 is 23.2 Å². The summed E-state index contributed by atoms with van der Waals surface area (Å²) in [6.45, 7) is 2.10. The highest BCUT2D eigenvalue weighted by atomic mass is 35.5. The average molecular weight is 420 g/mol. The number of ether oxygens (including phenoxy) is 2. The van der Waals surface area contributed by atoms with E-state index in [0.29, 0.717) is 28.2 Å². The van der Waals surface area contributed by atoms with Gasteiger partial charge in [0.15, 0.2) is 11.5 Å². The third-order valence-electron chi connectivity index (χ3n) is 5.00. The molecule has 28 heavy (non-hydrogen) atoms. The van der Waals surface area contributed by atoms with Crippen LogP contribution in [0.25, 0.3) is 0 Å². The Labute approximate surface area is 177 Å². The van der Waals surface area contributed by atoms with Crippen molar-refractivity contribution in [2.45, 2.75) is 45.3 Å². The summed E-state index contributed by atoms with van der Waals surface area (Å²) >= 11 is 12.4. The van der Waals surface area contributed by atoms with Gasteiger partial charge in [-0.1, -0.05) is 47.0 Å². The Balaban J connectivity index is 1.53. The Morgan fingerprint density at radius 2 is 1.86 bits per heavy atom. The fraction of sp³-hybridized carbons (Fsp3) is 0.391. The van der Waals surface area contributed by atoms with Crippen LogP contribution in [0.4, 0.5) is 0 Å². The number of allylic oxidation sites excluding steroid dienone is 1. The van der Waals surface area contributed by atoms with Gasteiger partial charge >= 0.3 is 0 Å². The molecule has 0 unspecified atom stereocenters. The maximum atomic E-state index is 6.21. The minimum absolute atomic E-state index is 0.293. The first kappa shape index (κ1) is 21.0. The van der Waals surface area contributed by atoms with Crippen molar-refractivity contribution in [1.82, 2.24) is 5.32 Å². The van der Waals surface area contributed by atoms with Gasteiger partial charge in [-0.2, -0.15) is 0 Å². The van der Waals surface area contributed by atoms with Crippen LogP contribution in [0.15, 0.2) is 48.0 Å². The molecular formula is C23H27Cl2NO2. The molecule has 0 amide bonds. The predicted octanol–water partition coefficient (Wildman–Crippen LogP) is 6.56. The zero-order valence-electron chi connectivity index (χ0n) is 16.3. The summed E-state index contributed by atoms with van der Waals surface area (Å²) in [6.07, 6.45) is 8.73. The molecule has 3 nitrogen and oxygen atoms in total. The topological polar surface area (TPSA) is 30.5 Å². The van der Waals surface area contributed by atoms with Gasteiger partial charge in [0.05, 0.1) is 7.11 Å². The van der Waals surface area contributed by atoms with Gasteiger partial charge in [-0.05, 0) is 68.5 Å². The smallest absolute Gasteiger partial charge is 0.161 e. The summed E-state index contributed by atoms with van der Waals surface area (Å²) in [5, 5.41) is 4.72. The number of hydrogen-bond donors (Lipinski definition) is 1. The van der Waals surface area contributed by atoms with Gasteiger partial charge in [0.1, 0.15) is 6.61 Å². The van der Waals surface area contributed by atoms with Crippen molar-refractivity contribution in [3.05, 3.63) is 69.2 Å². The fourth-order valence-corrected chi connectivity index (χ4v) is 3.88. The van der Waals surface area contributed by atoms with E-state index in [2.05, 4.69) is 17.5 Å². The van der Waals surface area contributed by atoms with Crippen molar-refractivity contribution in [3.63, 3.8) is 0 Å². The fourth-order valence-electron chi connectivity index (χ4n) is 3.37. The van der Waals surface area contributed by atoms with Crippen LogP contribution in [0.5, 0.6) is 11.5 Å². The van der Waals surface area contributed by atoms with Crippen molar-refractivity contribution in [3.8, 4) is 11.5 Å². The van der Waals surface area contributed by atoms with Gasteiger partial charge in [0, 0.05) is 22.2 Å². The van der Waals surface area contributed by atoms with Crippen LogP contribution in [-0.4, -0.2) is 13.7 Å². The summed E-state index contributed by atoms with van der Waals surface area (Å²) in [5.74, 6) is 1.38. The highest BCUT2D eigenvalue weighted by Gasteiger charge is 2.10. The number of benzene rings is 2. The average Bonchev–Trinajstić information content (AvgIpc) is 2.72. The lowest BCUT2D eigenvalue weighted by molar-refractivity contribution is 0.284. The standard InChI is InChI=1S/C23H27Cl2NO2/c1-27-23-14-18(15-26-13-12-17-6-3-2-4-7-17)10-11-22(23)28-16-19-20(24)8-5-9-21(19)25/h5-6,8-11,14,26H,2-4,7,12-13,15-16H2,1H3. The Hall–Kier alpha value is -1.68. The lowest BCUT2D eigenvalue weighted by Gasteiger charge is -2.15. The van der Waals surface area contributed by atoms with Crippen LogP contribution in [0.2, 0.25) is 10.0 Å². The normalized spacial score (nSPS) is 13.9. The van der Waals surface area contributed by atoms with E-state index in [4.69, 9.17) is 32.7 Å². The monoisotopic (exact) mass is 419 g/mol. The van der Waals surface area contributed by atoms with Crippen molar-refractivity contribution < 1.29 is 9.47 Å². The minimum Gasteiger partial charge on any atom is -0.493 e. The number of nitrogens with one attached hydrogen (secondary N) is 1. The van der Waals surface area contributed by atoms with E-state index in [9.17, 15) is 0 Å². The Morgan fingerprint density at radius 3 is 2.57 bits per heavy atom. The van der Waals surface area contributed by atoms with Crippen LogP contribution in [0.1, 0.15) is 43.2 Å². The zero-order valence-corrected chi connectivity index (χ0v) is 17.8. The van der Waals surface area contributed by atoms with Crippen molar-refractivity contribution in [2.24, 2.45) is 0 Å². The van der Waals surface area contributed by atoms with Crippen LogP contribution < -0.4 is 14.8 Å². The van der Waals surface area contributed by atoms with Gasteiger partial charge < -0.3 is 14.8 Å². The largest absolute Gasteiger partial charge is 0.493 e. The second kappa shape index (κ2) is 10.8. The van der Waals surface area contributed by atoms with Gasteiger partial charge in [0.2, 0.25) is 0 Å². The molecule has 1 N–H and O–H groups in total. The molecule has 0 radical (unpaired) electrons. The van der Waals surface area contributed by atoms with E-state index in [1.165, 1.54) is 25.7 Å². The first-order chi connectivity index (χ1) is 13.7. The molecule has 0 aromatic heterocycles. The molecule has 0 saturated heterocycles. The van der Waals surface area contributed by atoms with Gasteiger partial charge in [0.25, 0.3) is 0 Å². The molecule has 2 aromatic rings. The summed E-state index contributed by atoms with van der Waals surface area (Å²) < 4.78 is 11.4. The third kappa shape index (κ3) is 5.91. The lowest BCUT2D eigenvalue weighted by atomic mass is 9.97. The van der Waals surface area contributed by atoms with E-state index >= 15 is 0 Å². The molecule has 150 valence electrons. The highest BCUT2D eigenvalue weighted by Crippen LogP contribution is 2.31. The zero-order chi connectivity index (χ0) is 19.8. The highest BCUT2D eigenvalue weighted by molar-refractivity contribution is 6.35. The van der Waals surface area contributed by atoms with E-state index in [1.54, 1.807) is 12.7 Å². The Bertz CT molecular complexity index is 800. The molecule has 0 bridgehead atoms. The first-order valence-electron chi connectivity index (χ1n) is 9.78. The Morgan fingerprint density at radius 1 is 1.04 bits per heavy atom. The molecule has 0 fully saturated rings. The SMILES string of the molecule is COc1cc(CNCCC2=CCCCC2)ccc1OCc1c(Cl)cccc1Cl. The van der Waals surface area contributed by atoms with Crippen LogP contribution in [0, 0.1) is 0 Å². The molecule has 1 aliphatic carbocycles. The van der Waals surface area contributed by atoms with Gasteiger partial charge in [-0.3, -0.25) is 0 Å². The second-order valence-electron chi connectivity index (χ2n) is 7.01. The lowest BCUT2D eigenvalue weighted by Crippen LogP contribution is -2.15. The van der Waals surface area contributed by atoms with E-state index in [-0.39, 0.29) is 0 Å². The van der Waals surface area contributed by atoms with Gasteiger partial charge in [-0.25, -0.2) is 0 Å². The molecule has 3 rings (SSSR count). The quantitative estimate of drug-likeness (QED) is 0.368. The molecule has 5 heteroatoms. The summed E-state index contributed by atoms with van der Waals surface area (Å²) in [7, 11) is 1.65. The summed E-state index contributed by atoms with van der Waals surface area (Å²) in [4.78, 5) is 0. The van der Waals surface area contributed by atoms with Crippen molar-refractivity contribution in [1.29, 1.82) is 0 Å². The second-order valence-corrected chi connectivity index (χ2v) is 7.82. The maximum absolute atomic E-state index is 6.21. The molecule has 0 heterocycles. The van der Waals surface area contributed by atoms with Gasteiger partial charge in [-0.15, -0.1) is 0 Å². The number of methoxy groups -OCH3 is 1. The minimum atomic E-state index is 0.293. The molecule has 2 aromatic carbocycles. The molecule has 0 aliphatic heterocycles. The van der Waals surface area contributed by atoms with E-state index < -0.39 is 0 Å². The molecule has 1 aliphatic rings. The van der Waals surface area contributed by atoms with Crippen molar-refractivity contribution in [2.75, 3.05) is 13.7 Å². The van der Waals surface area contributed by atoms with Crippen molar-refractivity contribution >= 4 is 23.2 Å². The summed E-state index contributed by atoms with van der Waals surface area (Å²) in [5.41, 5.74) is 3.53. The number of hydrogen-bond acceptors (Lipinski definition) is 3. The van der Waals surface area contributed by atoms with E-state index in [1.807, 2.05) is 30.3 Å². The maximum Gasteiger partial charge on any atom is 0.161 e. The number of halogens is 2. The van der Waals surface area contributed by atoms with Crippen LogP contribution in [0.3, 0.4) is 0 Å². The molecular weight excluding hydrogens is 393 g/mol. The third-order valence-corrected chi connectivity index (χ3v) is 5.71. The van der Waals surface area contributed by atoms with E-state index in [0.717, 1.165) is 30.6 Å². The Kier molecular flexibility index (Phi) is 8.08. The first-order valence-corrected chi connectivity index (χ1v) is 10.5. The molecule has 0 saturated carbocycles. The molecule has 0 atom stereocenters.